The van der Waals surface area contributed by atoms with Gasteiger partial charge in [0.25, 0.3) is 0 Å². The average Bonchev–Trinajstić information content (AvgIpc) is 3.61. The fraction of sp³-hybridized carbons (Fsp3) is 0.333. The standard InChI is InChI=1S/C18H21N5O2.C15H14N6O/c24-16-12-21-17-18(23(16)8-3-13-4-9-25-10-5-13)22-15(11-20-17)14-1-6-19-7-2-14;1-2-21-13(22)8-17-14-15(21)19-12(7-16-14)9-4-3-5-11-10(9)6-18-20-11/h1-2,6-7,11,13H,3-5,8-10,12H2,(H,20,21);3-7H,2,8H2,1H3,(H,16,17)(H,18,20). The third-order valence-electron chi connectivity index (χ3n) is 8.59. The molecule has 7 heterocycles. The molecule has 3 N–H and O–H groups in total. The number of nitrogens with zero attached hydrogens (tertiary/aromatic N) is 8. The largest absolute Gasteiger partial charge is 0.381 e. The number of carbonyl (C=O) groups is 2. The van der Waals surface area contributed by atoms with Crippen LogP contribution in [0.2, 0.25) is 0 Å². The zero-order valence-corrected chi connectivity index (χ0v) is 26.0. The summed E-state index contributed by atoms with van der Waals surface area (Å²) in [5.74, 6) is 3.17. The highest BCUT2D eigenvalue weighted by Gasteiger charge is 2.28. The van der Waals surface area contributed by atoms with Crippen molar-refractivity contribution in [1.29, 1.82) is 0 Å². The fourth-order valence-corrected chi connectivity index (χ4v) is 6.02. The van der Waals surface area contributed by atoms with E-state index < -0.39 is 0 Å². The van der Waals surface area contributed by atoms with Crippen molar-refractivity contribution in [3.63, 3.8) is 0 Å². The molecule has 1 saturated heterocycles. The molecule has 47 heavy (non-hydrogen) atoms. The zero-order chi connectivity index (χ0) is 32.2. The Balaban J connectivity index is 0.000000151. The van der Waals surface area contributed by atoms with E-state index in [2.05, 4.69) is 40.8 Å². The SMILES string of the molecule is CCN1C(=O)CNc2ncc(-c3cccc4[nH]ncc34)nc21.O=C1CNc2ncc(-c3ccncc3)nc2N1CCC1CCOCC1. The van der Waals surface area contributed by atoms with Crippen LogP contribution in [-0.4, -0.2) is 86.3 Å². The van der Waals surface area contributed by atoms with Crippen molar-refractivity contribution >= 4 is 46.0 Å². The number of ether oxygens (including phenoxy) is 1. The molecule has 0 spiro atoms. The van der Waals surface area contributed by atoms with Crippen molar-refractivity contribution in [2.24, 2.45) is 5.92 Å². The zero-order valence-electron chi connectivity index (χ0n) is 26.0. The number of nitrogens with one attached hydrogen (secondary N) is 3. The van der Waals surface area contributed by atoms with Crippen LogP contribution in [-0.2, 0) is 14.3 Å². The molecule has 0 atom stereocenters. The quantitative estimate of drug-likeness (QED) is 0.248. The first-order chi connectivity index (χ1) is 23.1. The van der Waals surface area contributed by atoms with Crippen LogP contribution in [0.25, 0.3) is 33.4 Å². The fourth-order valence-electron chi connectivity index (χ4n) is 6.02. The molecule has 1 fully saturated rings. The normalized spacial score (nSPS) is 16.1. The van der Waals surface area contributed by atoms with Crippen LogP contribution in [0.4, 0.5) is 23.3 Å². The van der Waals surface area contributed by atoms with Gasteiger partial charge >= 0.3 is 0 Å². The molecule has 0 radical (unpaired) electrons. The Labute approximate surface area is 271 Å². The molecule has 14 nitrogen and oxygen atoms in total. The molecular weight excluding hydrogens is 598 g/mol. The van der Waals surface area contributed by atoms with E-state index >= 15 is 0 Å². The smallest absolute Gasteiger partial charge is 0.247 e. The average molecular weight is 634 g/mol. The summed E-state index contributed by atoms with van der Waals surface area (Å²) in [6, 6.07) is 9.66. The summed E-state index contributed by atoms with van der Waals surface area (Å²) in [5, 5.41) is 14.1. The lowest BCUT2D eigenvalue weighted by Gasteiger charge is -2.30. The molecule has 240 valence electrons. The van der Waals surface area contributed by atoms with Gasteiger partial charge in [-0.15, -0.1) is 0 Å². The summed E-state index contributed by atoms with van der Waals surface area (Å²) in [4.78, 5) is 50.1. The molecule has 0 bridgehead atoms. The van der Waals surface area contributed by atoms with E-state index in [1.54, 1.807) is 40.8 Å². The first-order valence-electron chi connectivity index (χ1n) is 15.8. The number of benzene rings is 1. The molecule has 1 aromatic carbocycles. The van der Waals surface area contributed by atoms with Gasteiger partial charge < -0.3 is 15.4 Å². The molecular formula is C33H35N11O3. The van der Waals surface area contributed by atoms with Gasteiger partial charge in [0.2, 0.25) is 11.8 Å². The maximum absolute atomic E-state index is 12.4. The molecule has 0 unspecified atom stereocenters. The molecule has 0 saturated carbocycles. The number of pyridine rings is 1. The van der Waals surface area contributed by atoms with Crippen molar-refractivity contribution in [2.75, 3.05) is 59.8 Å². The summed E-state index contributed by atoms with van der Waals surface area (Å²) in [5.41, 5.74) is 4.29. The lowest BCUT2D eigenvalue weighted by atomic mass is 9.96. The van der Waals surface area contributed by atoms with Gasteiger partial charge in [-0.1, -0.05) is 12.1 Å². The number of hydrogen-bond acceptors (Lipinski definition) is 11. The van der Waals surface area contributed by atoms with Crippen LogP contribution in [0.1, 0.15) is 26.2 Å². The number of carbonyl (C=O) groups excluding carboxylic acids is 2. The summed E-state index contributed by atoms with van der Waals surface area (Å²) in [6.45, 7) is 5.34. The van der Waals surface area contributed by atoms with E-state index in [0.29, 0.717) is 42.3 Å². The molecule has 2 amide bonds. The van der Waals surface area contributed by atoms with E-state index in [0.717, 1.165) is 65.9 Å². The minimum absolute atomic E-state index is 0.00275. The van der Waals surface area contributed by atoms with Gasteiger partial charge in [-0.2, -0.15) is 5.10 Å². The second-order valence-electron chi connectivity index (χ2n) is 11.5. The summed E-state index contributed by atoms with van der Waals surface area (Å²) >= 11 is 0. The molecule has 8 rings (SSSR count). The van der Waals surface area contributed by atoms with Crippen LogP contribution < -0.4 is 20.4 Å². The van der Waals surface area contributed by atoms with Gasteiger partial charge in [0.15, 0.2) is 23.3 Å². The Hall–Kier alpha value is -5.50. The van der Waals surface area contributed by atoms with Gasteiger partial charge in [0.1, 0.15) is 0 Å². The highest BCUT2D eigenvalue weighted by molar-refractivity contribution is 6.02. The predicted octanol–water partition coefficient (Wildman–Crippen LogP) is 3.91. The van der Waals surface area contributed by atoms with Gasteiger partial charge in [-0.3, -0.25) is 29.5 Å². The number of anilines is 4. The second kappa shape index (κ2) is 13.5. The maximum atomic E-state index is 12.4. The lowest BCUT2D eigenvalue weighted by molar-refractivity contribution is -0.118. The highest BCUT2D eigenvalue weighted by Crippen LogP contribution is 2.32. The number of amides is 2. The molecule has 0 aliphatic carbocycles. The van der Waals surface area contributed by atoms with Crippen molar-refractivity contribution in [3.8, 4) is 22.5 Å². The highest BCUT2D eigenvalue weighted by atomic mass is 16.5. The lowest BCUT2D eigenvalue weighted by Crippen LogP contribution is -2.42. The third-order valence-corrected chi connectivity index (χ3v) is 8.59. The topological polar surface area (TPSA) is 167 Å². The van der Waals surface area contributed by atoms with E-state index in [1.807, 2.05) is 37.3 Å². The number of H-pyrrole nitrogens is 1. The number of likely N-dealkylation sites (N-methyl/N-ethyl adjacent to an activating group) is 1. The first-order valence-corrected chi connectivity index (χ1v) is 15.8. The van der Waals surface area contributed by atoms with Crippen molar-refractivity contribution < 1.29 is 14.3 Å². The summed E-state index contributed by atoms with van der Waals surface area (Å²) in [6.07, 6.45) is 11.8. The number of aromatic nitrogens is 7. The molecule has 5 aromatic rings. The molecule has 14 heteroatoms. The summed E-state index contributed by atoms with van der Waals surface area (Å²) < 4.78 is 5.42. The number of fused-ring (bicyclic) bond motifs is 3. The first kappa shape index (κ1) is 30.2. The number of hydrogen-bond donors (Lipinski definition) is 3. The monoisotopic (exact) mass is 633 g/mol. The maximum Gasteiger partial charge on any atom is 0.247 e. The van der Waals surface area contributed by atoms with E-state index in [1.165, 1.54) is 0 Å². The summed E-state index contributed by atoms with van der Waals surface area (Å²) in [7, 11) is 0. The van der Waals surface area contributed by atoms with Crippen LogP contribution in [0.5, 0.6) is 0 Å². The van der Waals surface area contributed by atoms with Gasteiger partial charge in [0.05, 0.1) is 48.6 Å². The van der Waals surface area contributed by atoms with Crippen molar-refractivity contribution in [1.82, 2.24) is 35.1 Å². The Morgan fingerprint density at radius 3 is 2.28 bits per heavy atom. The minimum Gasteiger partial charge on any atom is -0.381 e. The Kier molecular flexibility index (Phi) is 8.64. The predicted molar refractivity (Wildman–Crippen MR) is 178 cm³/mol. The Bertz CT molecular complexity index is 1890. The van der Waals surface area contributed by atoms with Gasteiger partial charge in [-0.05, 0) is 50.3 Å². The van der Waals surface area contributed by atoms with Gasteiger partial charge in [0, 0.05) is 55.2 Å². The Morgan fingerprint density at radius 2 is 1.53 bits per heavy atom. The Morgan fingerprint density at radius 1 is 0.851 bits per heavy atom. The van der Waals surface area contributed by atoms with Crippen LogP contribution in [0.15, 0.2) is 61.3 Å². The molecule has 3 aliphatic rings. The molecule has 3 aliphatic heterocycles. The van der Waals surface area contributed by atoms with Crippen molar-refractivity contribution in [2.45, 2.75) is 26.2 Å². The van der Waals surface area contributed by atoms with Gasteiger partial charge in [-0.25, -0.2) is 19.9 Å². The van der Waals surface area contributed by atoms with Crippen molar-refractivity contribution in [3.05, 3.63) is 61.3 Å². The molecule has 4 aromatic heterocycles. The third kappa shape index (κ3) is 6.31. The van der Waals surface area contributed by atoms with E-state index in [-0.39, 0.29) is 24.9 Å². The number of rotatable bonds is 6. The number of aromatic amines is 1. The van der Waals surface area contributed by atoms with E-state index in [4.69, 9.17) is 9.72 Å². The van der Waals surface area contributed by atoms with Crippen LogP contribution in [0.3, 0.4) is 0 Å². The van der Waals surface area contributed by atoms with Crippen LogP contribution >= 0.6 is 0 Å². The van der Waals surface area contributed by atoms with Crippen LogP contribution in [0, 0.1) is 5.92 Å². The van der Waals surface area contributed by atoms with E-state index in [9.17, 15) is 9.59 Å². The second-order valence-corrected chi connectivity index (χ2v) is 11.5. The minimum atomic E-state index is 0.00275.